The second kappa shape index (κ2) is 8.26. The average Bonchev–Trinajstić information content (AvgIpc) is 2.61. The minimum Gasteiger partial charge on any atom is -0.379 e. The van der Waals surface area contributed by atoms with Crippen molar-refractivity contribution >= 4 is 11.8 Å². The molecule has 1 aromatic rings. The van der Waals surface area contributed by atoms with Gasteiger partial charge in [0, 0.05) is 30.7 Å². The fourth-order valence-corrected chi connectivity index (χ4v) is 2.67. The molecule has 1 aromatic carbocycles. The van der Waals surface area contributed by atoms with Crippen molar-refractivity contribution in [1.29, 1.82) is 0 Å². The van der Waals surface area contributed by atoms with Gasteiger partial charge in [0.05, 0.1) is 13.2 Å². The maximum atomic E-state index is 12.3. The molecule has 1 aliphatic rings. The molecule has 0 aliphatic carbocycles. The molecule has 0 aromatic heterocycles. The Morgan fingerprint density at radius 2 is 1.83 bits per heavy atom. The van der Waals surface area contributed by atoms with E-state index in [1.165, 1.54) is 0 Å². The number of amides is 2. The molecular weight excluding hydrogens is 306 g/mol. The van der Waals surface area contributed by atoms with Crippen LogP contribution in [0.2, 0.25) is 0 Å². The molecule has 0 spiro atoms. The molecule has 24 heavy (non-hydrogen) atoms. The highest BCUT2D eigenvalue weighted by atomic mass is 16.5. The lowest BCUT2D eigenvalue weighted by Crippen LogP contribution is -2.57. The lowest BCUT2D eigenvalue weighted by molar-refractivity contribution is -0.123. The Balaban J connectivity index is 1.81. The summed E-state index contributed by atoms with van der Waals surface area (Å²) in [4.78, 5) is 26.7. The molecule has 0 bridgehead atoms. The SMILES string of the molecule is CC(NC(=O)c1ccccc1)C(=O)NCC(C)(C)N1CCOCC1. The quantitative estimate of drug-likeness (QED) is 0.816. The van der Waals surface area contributed by atoms with Gasteiger partial charge in [0.1, 0.15) is 6.04 Å². The topological polar surface area (TPSA) is 70.7 Å². The zero-order valence-corrected chi connectivity index (χ0v) is 14.7. The van der Waals surface area contributed by atoms with Gasteiger partial charge in [-0.05, 0) is 32.9 Å². The van der Waals surface area contributed by atoms with Crippen molar-refractivity contribution in [1.82, 2.24) is 15.5 Å². The van der Waals surface area contributed by atoms with Crippen molar-refractivity contribution < 1.29 is 14.3 Å². The molecule has 1 aliphatic heterocycles. The molecule has 1 fully saturated rings. The van der Waals surface area contributed by atoms with Crippen LogP contribution in [0.25, 0.3) is 0 Å². The van der Waals surface area contributed by atoms with Gasteiger partial charge in [-0.15, -0.1) is 0 Å². The molecule has 2 amide bonds. The molecule has 1 saturated heterocycles. The Bertz CT molecular complexity index is 554. The second-order valence-corrected chi connectivity index (χ2v) is 6.69. The summed E-state index contributed by atoms with van der Waals surface area (Å²) in [5, 5.41) is 5.67. The van der Waals surface area contributed by atoms with E-state index in [-0.39, 0.29) is 17.4 Å². The zero-order valence-electron chi connectivity index (χ0n) is 14.7. The molecular formula is C18H27N3O3. The van der Waals surface area contributed by atoms with Crippen molar-refractivity contribution in [3.05, 3.63) is 35.9 Å². The summed E-state index contributed by atoms with van der Waals surface area (Å²) in [5.41, 5.74) is 0.397. The maximum Gasteiger partial charge on any atom is 0.251 e. The molecule has 6 heteroatoms. The van der Waals surface area contributed by atoms with Crippen molar-refractivity contribution in [2.24, 2.45) is 0 Å². The fourth-order valence-electron chi connectivity index (χ4n) is 2.67. The van der Waals surface area contributed by atoms with Crippen LogP contribution in [0.5, 0.6) is 0 Å². The van der Waals surface area contributed by atoms with Gasteiger partial charge in [-0.1, -0.05) is 18.2 Å². The number of ether oxygens (including phenoxy) is 1. The third-order valence-electron chi connectivity index (χ3n) is 4.34. The predicted octanol–water partition coefficient (Wildman–Crippen LogP) is 1.03. The first-order chi connectivity index (χ1) is 11.4. The van der Waals surface area contributed by atoms with Crippen LogP contribution in [0.1, 0.15) is 31.1 Å². The van der Waals surface area contributed by atoms with Crippen molar-refractivity contribution in [2.75, 3.05) is 32.8 Å². The largest absolute Gasteiger partial charge is 0.379 e. The second-order valence-electron chi connectivity index (χ2n) is 6.69. The highest BCUT2D eigenvalue weighted by molar-refractivity contribution is 5.97. The minimum atomic E-state index is -0.585. The summed E-state index contributed by atoms with van der Waals surface area (Å²) in [6, 6.07) is 8.30. The van der Waals surface area contributed by atoms with Crippen LogP contribution >= 0.6 is 0 Å². The molecule has 1 unspecified atom stereocenters. The summed E-state index contributed by atoms with van der Waals surface area (Å²) >= 11 is 0. The van der Waals surface area contributed by atoms with Gasteiger partial charge in [-0.25, -0.2) is 0 Å². The van der Waals surface area contributed by atoms with Gasteiger partial charge in [-0.2, -0.15) is 0 Å². The number of hydrogen-bond acceptors (Lipinski definition) is 4. The third-order valence-corrected chi connectivity index (χ3v) is 4.34. The van der Waals surface area contributed by atoms with Crippen LogP contribution in [-0.2, 0) is 9.53 Å². The van der Waals surface area contributed by atoms with E-state index in [0.29, 0.717) is 12.1 Å². The summed E-state index contributed by atoms with van der Waals surface area (Å²) in [5.74, 6) is -0.425. The Morgan fingerprint density at radius 1 is 1.21 bits per heavy atom. The summed E-state index contributed by atoms with van der Waals surface area (Å²) in [7, 11) is 0. The van der Waals surface area contributed by atoms with Crippen LogP contribution in [-0.4, -0.2) is 61.1 Å². The van der Waals surface area contributed by atoms with Gasteiger partial charge in [0.15, 0.2) is 0 Å². The van der Waals surface area contributed by atoms with Crippen LogP contribution in [0.15, 0.2) is 30.3 Å². The Morgan fingerprint density at radius 3 is 2.46 bits per heavy atom. The number of hydrogen-bond donors (Lipinski definition) is 2. The monoisotopic (exact) mass is 333 g/mol. The van der Waals surface area contributed by atoms with Crippen molar-refractivity contribution in [3.8, 4) is 0 Å². The van der Waals surface area contributed by atoms with Gasteiger partial charge >= 0.3 is 0 Å². The van der Waals surface area contributed by atoms with Gasteiger partial charge in [0.2, 0.25) is 5.91 Å². The summed E-state index contributed by atoms with van der Waals surface area (Å²) in [6.45, 7) is 9.60. The zero-order chi connectivity index (χ0) is 17.6. The number of nitrogens with zero attached hydrogens (tertiary/aromatic N) is 1. The number of benzene rings is 1. The highest BCUT2D eigenvalue weighted by Crippen LogP contribution is 2.15. The number of rotatable bonds is 6. The summed E-state index contributed by atoms with van der Waals surface area (Å²) in [6.07, 6.45) is 0. The minimum absolute atomic E-state index is 0.150. The smallest absolute Gasteiger partial charge is 0.251 e. The molecule has 0 saturated carbocycles. The van der Waals surface area contributed by atoms with Crippen molar-refractivity contribution in [2.45, 2.75) is 32.4 Å². The van der Waals surface area contributed by atoms with E-state index >= 15 is 0 Å². The first kappa shape index (κ1) is 18.4. The molecule has 1 atom stereocenters. The normalized spacial score (nSPS) is 17.1. The van der Waals surface area contributed by atoms with Gasteiger partial charge in [0.25, 0.3) is 5.91 Å². The average molecular weight is 333 g/mol. The fraction of sp³-hybridized carbons (Fsp3) is 0.556. The number of nitrogens with one attached hydrogen (secondary N) is 2. The summed E-state index contributed by atoms with van der Waals surface area (Å²) < 4.78 is 5.37. The Hall–Kier alpha value is -1.92. The van der Waals surface area contributed by atoms with E-state index in [2.05, 4.69) is 29.4 Å². The maximum absolute atomic E-state index is 12.3. The molecule has 1 heterocycles. The lowest BCUT2D eigenvalue weighted by atomic mass is 10.0. The van der Waals surface area contributed by atoms with E-state index < -0.39 is 6.04 Å². The van der Waals surface area contributed by atoms with E-state index in [1.807, 2.05) is 6.07 Å². The molecule has 2 N–H and O–H groups in total. The number of carbonyl (C=O) groups is 2. The van der Waals surface area contributed by atoms with Crippen LogP contribution in [0.4, 0.5) is 0 Å². The Labute approximate surface area is 143 Å². The van der Waals surface area contributed by atoms with Crippen LogP contribution in [0, 0.1) is 0 Å². The molecule has 0 radical (unpaired) electrons. The predicted molar refractivity (Wildman–Crippen MR) is 92.9 cm³/mol. The van der Waals surface area contributed by atoms with Crippen LogP contribution < -0.4 is 10.6 Å². The Kier molecular flexibility index (Phi) is 6.34. The third kappa shape index (κ3) is 5.04. The van der Waals surface area contributed by atoms with E-state index in [9.17, 15) is 9.59 Å². The lowest BCUT2D eigenvalue weighted by Gasteiger charge is -2.41. The molecule has 132 valence electrons. The number of morpholine rings is 1. The van der Waals surface area contributed by atoms with Crippen molar-refractivity contribution in [3.63, 3.8) is 0 Å². The standard InChI is InChI=1S/C18H27N3O3/c1-14(20-17(23)15-7-5-4-6-8-15)16(22)19-13-18(2,3)21-9-11-24-12-10-21/h4-8,14H,9-13H2,1-3H3,(H,19,22)(H,20,23). The highest BCUT2D eigenvalue weighted by Gasteiger charge is 2.29. The molecule has 2 rings (SSSR count). The van der Waals surface area contributed by atoms with Gasteiger partial charge < -0.3 is 15.4 Å². The van der Waals surface area contributed by atoms with E-state index in [4.69, 9.17) is 4.74 Å². The molecule has 6 nitrogen and oxygen atoms in total. The number of carbonyl (C=O) groups excluding carboxylic acids is 2. The first-order valence-corrected chi connectivity index (χ1v) is 8.36. The van der Waals surface area contributed by atoms with Crippen LogP contribution in [0.3, 0.4) is 0 Å². The first-order valence-electron chi connectivity index (χ1n) is 8.36. The van der Waals surface area contributed by atoms with E-state index in [1.54, 1.807) is 31.2 Å². The van der Waals surface area contributed by atoms with Gasteiger partial charge in [-0.3, -0.25) is 14.5 Å². The van der Waals surface area contributed by atoms with E-state index in [0.717, 1.165) is 26.3 Å².